The minimum absolute atomic E-state index is 0.122. The zero-order chi connectivity index (χ0) is 20.7. The molecule has 5 rings (SSSR count). The molecule has 0 bridgehead atoms. The van der Waals surface area contributed by atoms with E-state index in [1.807, 2.05) is 48.5 Å². The van der Waals surface area contributed by atoms with Crippen LogP contribution in [0.25, 0.3) is 44.1 Å². The van der Waals surface area contributed by atoms with Crippen LogP contribution >= 0.6 is 0 Å². The first-order chi connectivity index (χ1) is 14.6. The first-order valence-corrected chi connectivity index (χ1v) is 9.45. The minimum atomic E-state index is -0.298. The fourth-order valence-electron chi connectivity index (χ4n) is 3.80. The maximum atomic E-state index is 13.6. The molecule has 0 saturated heterocycles. The summed E-state index contributed by atoms with van der Waals surface area (Å²) in [5.41, 5.74) is 4.04. The van der Waals surface area contributed by atoms with Crippen LogP contribution in [0.15, 0.2) is 91.0 Å². The Hall–Kier alpha value is -4.12. The third kappa shape index (κ3) is 3.06. The molecule has 5 heteroatoms. The predicted molar refractivity (Wildman–Crippen MR) is 115 cm³/mol. The van der Waals surface area contributed by atoms with E-state index in [4.69, 9.17) is 4.98 Å². The number of benzene rings is 4. The molecule has 1 heterocycles. The first-order valence-electron chi connectivity index (χ1n) is 9.45. The van der Waals surface area contributed by atoms with Crippen LogP contribution in [0.1, 0.15) is 0 Å². The van der Waals surface area contributed by atoms with Gasteiger partial charge in [-0.15, -0.1) is 0 Å². The summed E-state index contributed by atoms with van der Waals surface area (Å²) in [7, 11) is 0. The predicted octanol–water partition coefficient (Wildman–Crippen LogP) is 6.66. The van der Waals surface area contributed by atoms with Crippen LogP contribution < -0.4 is 0 Å². The molecule has 0 aliphatic heterocycles. The number of nitrogens with zero attached hydrogens (tertiary/aromatic N) is 2. The maximum Gasteiger partial charge on any atom is 0.317 e. The van der Waals surface area contributed by atoms with Gasteiger partial charge in [0.2, 0.25) is 0 Å². The van der Waals surface area contributed by atoms with Gasteiger partial charge in [-0.1, -0.05) is 54.6 Å². The molecular formula is C25H16FN2O2+. The van der Waals surface area contributed by atoms with Crippen molar-refractivity contribution in [2.45, 2.75) is 0 Å². The Bertz CT molecular complexity index is 1430. The summed E-state index contributed by atoms with van der Waals surface area (Å²) in [5, 5.41) is 12.4. The Morgan fingerprint density at radius 2 is 1.60 bits per heavy atom. The minimum Gasteiger partial charge on any atom is -0.248 e. The van der Waals surface area contributed by atoms with Gasteiger partial charge in [-0.25, -0.2) is 14.6 Å². The van der Waals surface area contributed by atoms with Crippen molar-refractivity contribution in [2.24, 2.45) is 0 Å². The summed E-state index contributed by atoms with van der Waals surface area (Å²) in [4.78, 5) is 16.0. The highest BCUT2D eigenvalue weighted by Gasteiger charge is 2.16. The number of pyridine rings is 1. The van der Waals surface area contributed by atoms with Gasteiger partial charge in [0.25, 0.3) is 4.92 Å². The van der Waals surface area contributed by atoms with Crippen molar-refractivity contribution < 1.29 is 14.5 Å². The summed E-state index contributed by atoms with van der Waals surface area (Å²) in [6, 6.07) is 27.0. The van der Waals surface area contributed by atoms with E-state index >= 15 is 0 Å². The molecule has 0 aliphatic rings. The van der Waals surface area contributed by atoms with E-state index in [1.54, 1.807) is 24.3 Å². The summed E-state index contributed by atoms with van der Waals surface area (Å²) in [5.74, 6) is -0.298. The quantitative estimate of drug-likeness (QED) is 0.274. The van der Waals surface area contributed by atoms with E-state index in [0.717, 1.165) is 32.8 Å². The number of rotatable bonds is 3. The molecule has 0 unspecified atom stereocenters. The van der Waals surface area contributed by atoms with Gasteiger partial charge in [0.15, 0.2) is 0 Å². The Morgan fingerprint density at radius 3 is 2.40 bits per heavy atom. The lowest BCUT2D eigenvalue weighted by Crippen LogP contribution is -1.94. The fourth-order valence-corrected chi connectivity index (χ4v) is 3.80. The lowest BCUT2D eigenvalue weighted by molar-refractivity contribution is -0.729. The Morgan fingerprint density at radius 1 is 0.800 bits per heavy atom. The molecular weight excluding hydrogens is 379 g/mol. The van der Waals surface area contributed by atoms with Crippen LogP contribution in [0.4, 0.5) is 10.1 Å². The third-order valence-corrected chi connectivity index (χ3v) is 5.22. The zero-order valence-corrected chi connectivity index (χ0v) is 15.8. The average molecular weight is 395 g/mol. The summed E-state index contributed by atoms with van der Waals surface area (Å²) < 4.78 is 13.6. The van der Waals surface area contributed by atoms with Crippen molar-refractivity contribution in [2.75, 3.05) is 0 Å². The van der Waals surface area contributed by atoms with Gasteiger partial charge in [-0.3, -0.25) is 0 Å². The van der Waals surface area contributed by atoms with Crippen LogP contribution in [0.3, 0.4) is 0 Å². The summed E-state index contributed by atoms with van der Waals surface area (Å²) in [6.45, 7) is 0. The smallest absolute Gasteiger partial charge is 0.248 e. The molecule has 0 atom stereocenters. The highest BCUT2D eigenvalue weighted by molar-refractivity contribution is 6.13. The van der Waals surface area contributed by atoms with Crippen LogP contribution in [-0.2, 0) is 0 Å². The van der Waals surface area contributed by atoms with Crippen molar-refractivity contribution in [1.29, 1.82) is 0 Å². The molecule has 144 valence electrons. The molecule has 1 aromatic heterocycles. The molecule has 1 N–H and O–H groups in total. The largest absolute Gasteiger partial charge is 0.317 e. The number of halogens is 1. The molecule has 0 fully saturated rings. The molecule has 0 saturated carbocycles. The highest BCUT2D eigenvalue weighted by Crippen LogP contribution is 2.37. The van der Waals surface area contributed by atoms with Crippen molar-refractivity contribution in [1.82, 2.24) is 4.98 Å². The van der Waals surface area contributed by atoms with Gasteiger partial charge in [-0.2, -0.15) is 0 Å². The van der Waals surface area contributed by atoms with Crippen molar-refractivity contribution in [3.63, 3.8) is 0 Å². The fraction of sp³-hybridized carbons (Fsp3) is 0. The van der Waals surface area contributed by atoms with Crippen molar-refractivity contribution >= 4 is 27.4 Å². The van der Waals surface area contributed by atoms with E-state index in [0.29, 0.717) is 11.3 Å². The van der Waals surface area contributed by atoms with Gasteiger partial charge >= 0.3 is 5.69 Å². The zero-order valence-electron chi connectivity index (χ0n) is 15.8. The van der Waals surface area contributed by atoms with E-state index < -0.39 is 0 Å². The Kier molecular flexibility index (Phi) is 4.21. The standard InChI is InChI=1S/C25H16FN2O2/c26-19-11-8-17(9-12-19)22-15-24(18-5-3-6-20(14-18)28(29)30)27-23-13-10-16-4-1-2-7-21(16)25(22)23/h1-15H,(H,29,30)/q+1. The third-order valence-electron chi connectivity index (χ3n) is 5.22. The molecule has 0 amide bonds. The van der Waals surface area contributed by atoms with Crippen molar-refractivity contribution in [3.8, 4) is 22.4 Å². The second kappa shape index (κ2) is 7.04. The van der Waals surface area contributed by atoms with Crippen LogP contribution in [0.5, 0.6) is 0 Å². The highest BCUT2D eigenvalue weighted by atomic mass is 19.1. The average Bonchev–Trinajstić information content (AvgIpc) is 2.78. The number of aromatic nitrogens is 1. The van der Waals surface area contributed by atoms with Gasteiger partial charge in [0.05, 0.1) is 16.1 Å². The number of hydrogen-bond acceptors (Lipinski definition) is 2. The maximum absolute atomic E-state index is 13.6. The van der Waals surface area contributed by atoms with Crippen LogP contribution in [0.2, 0.25) is 0 Å². The molecule has 4 aromatic carbocycles. The van der Waals surface area contributed by atoms with E-state index in [9.17, 15) is 14.5 Å². The van der Waals surface area contributed by atoms with Gasteiger partial charge in [0.1, 0.15) is 5.82 Å². The monoisotopic (exact) mass is 395 g/mol. The summed E-state index contributed by atoms with van der Waals surface area (Å²) in [6.07, 6.45) is 0. The van der Waals surface area contributed by atoms with Crippen LogP contribution in [-0.4, -0.2) is 15.1 Å². The molecule has 5 aromatic rings. The Labute approximate surface area is 171 Å². The second-order valence-corrected chi connectivity index (χ2v) is 7.07. The normalized spacial score (nSPS) is 11.1. The Balaban J connectivity index is 1.85. The van der Waals surface area contributed by atoms with E-state index in [-0.39, 0.29) is 16.4 Å². The van der Waals surface area contributed by atoms with Gasteiger partial charge in [-0.05, 0) is 46.2 Å². The van der Waals surface area contributed by atoms with Gasteiger partial charge in [0, 0.05) is 23.1 Å². The topological polar surface area (TPSA) is 53.2 Å². The molecule has 0 spiro atoms. The van der Waals surface area contributed by atoms with E-state index in [2.05, 4.69) is 0 Å². The van der Waals surface area contributed by atoms with Gasteiger partial charge < -0.3 is 0 Å². The molecule has 0 aliphatic carbocycles. The number of fused-ring (bicyclic) bond motifs is 3. The van der Waals surface area contributed by atoms with Crippen LogP contribution in [0, 0.1) is 10.7 Å². The lowest BCUT2D eigenvalue weighted by atomic mass is 9.94. The second-order valence-electron chi connectivity index (χ2n) is 7.07. The first kappa shape index (κ1) is 17.9. The molecule has 0 radical (unpaired) electrons. The summed E-state index contributed by atoms with van der Waals surface area (Å²) >= 11 is 0. The number of hydrogen-bond donors (Lipinski definition) is 1. The SMILES string of the molecule is O=[N+](O)c1cccc(-c2cc(-c3ccc(F)cc3)c3c(ccc4ccccc43)n2)c1. The van der Waals surface area contributed by atoms with E-state index in [1.165, 1.54) is 18.2 Å². The molecule has 30 heavy (non-hydrogen) atoms. The van der Waals surface area contributed by atoms with Crippen molar-refractivity contribution in [3.05, 3.63) is 102 Å². The molecule has 4 nitrogen and oxygen atoms in total. The lowest BCUT2D eigenvalue weighted by Gasteiger charge is -2.13.